The summed E-state index contributed by atoms with van der Waals surface area (Å²) >= 11 is 0. The lowest BCUT2D eigenvalue weighted by Gasteiger charge is -2.59. The lowest BCUT2D eigenvalue weighted by molar-refractivity contribution is -0.122. The highest BCUT2D eigenvalue weighted by molar-refractivity contribution is 5.97. The summed E-state index contributed by atoms with van der Waals surface area (Å²) in [6, 6.07) is 2.23. The molecule has 1 amide bonds. The van der Waals surface area contributed by atoms with Gasteiger partial charge in [-0.05, 0) is 68.6 Å². The molecule has 4 bridgehead atoms. The largest absolute Gasteiger partial charge is 0.388 e. The Morgan fingerprint density at radius 1 is 1.21 bits per heavy atom. The minimum absolute atomic E-state index is 0.144. The summed E-state index contributed by atoms with van der Waals surface area (Å²) in [5.74, 6) is 2.37. The molecule has 1 heterocycles. The Balaban J connectivity index is 1.28. The predicted octanol–water partition coefficient (Wildman–Crippen LogP) is 1.61. The number of nitriles is 1. The summed E-state index contributed by atoms with van der Waals surface area (Å²) in [4.78, 5) is 15.1. The average molecular weight is 386 g/mol. The molecule has 4 aliphatic carbocycles. The molecule has 0 aromatic carbocycles. The maximum atomic E-state index is 12.7. The quantitative estimate of drug-likeness (QED) is 0.352. The number of hydrogen-bond donors (Lipinski definition) is 3. The van der Waals surface area contributed by atoms with Gasteiger partial charge in [0.2, 0.25) is 0 Å². The highest BCUT2D eigenvalue weighted by Crippen LogP contribution is 2.61. The normalized spacial score (nSPS) is 36.0. The molecule has 6 heteroatoms. The number of carbonyl (C=O) groups is 1. The Bertz CT molecular complexity index is 611. The van der Waals surface area contributed by atoms with Gasteiger partial charge >= 0.3 is 0 Å². The van der Waals surface area contributed by atoms with E-state index in [0.29, 0.717) is 0 Å². The van der Waals surface area contributed by atoms with Crippen LogP contribution in [0.5, 0.6) is 0 Å². The van der Waals surface area contributed by atoms with Crippen LogP contribution in [-0.2, 0) is 4.79 Å². The van der Waals surface area contributed by atoms with Crippen molar-refractivity contribution in [2.75, 3.05) is 39.3 Å². The van der Waals surface area contributed by atoms with Crippen LogP contribution in [0.15, 0.2) is 11.8 Å². The molecule has 1 saturated heterocycles. The molecule has 1 aliphatic heterocycles. The van der Waals surface area contributed by atoms with Gasteiger partial charge in [0.05, 0.1) is 0 Å². The van der Waals surface area contributed by atoms with Gasteiger partial charge in [-0.1, -0.05) is 0 Å². The molecule has 0 spiro atoms. The lowest BCUT2D eigenvalue weighted by Crippen LogP contribution is -2.56. The van der Waals surface area contributed by atoms with Gasteiger partial charge in [-0.3, -0.25) is 9.69 Å². The Kier molecular flexibility index (Phi) is 5.93. The van der Waals surface area contributed by atoms with Gasteiger partial charge in [0.15, 0.2) is 0 Å². The summed E-state index contributed by atoms with van der Waals surface area (Å²) in [6.45, 7) is 8.02. The monoisotopic (exact) mass is 385 g/mol. The topological polar surface area (TPSA) is 80.2 Å². The highest BCUT2D eigenvalue weighted by Gasteiger charge is 2.53. The Labute approximate surface area is 169 Å². The number of piperazine rings is 1. The highest BCUT2D eigenvalue weighted by atomic mass is 16.1. The molecule has 28 heavy (non-hydrogen) atoms. The van der Waals surface area contributed by atoms with Crippen LogP contribution in [0.3, 0.4) is 0 Å². The second-order valence-electron chi connectivity index (χ2n) is 9.69. The van der Waals surface area contributed by atoms with E-state index in [1.807, 2.05) is 0 Å². The third-order valence-electron chi connectivity index (χ3n) is 7.75. The molecule has 0 aromatic heterocycles. The first kappa shape index (κ1) is 19.7. The van der Waals surface area contributed by atoms with Crippen molar-refractivity contribution in [2.45, 2.75) is 51.5 Å². The van der Waals surface area contributed by atoms with Crippen molar-refractivity contribution < 1.29 is 4.79 Å². The molecular weight excluding hydrogens is 350 g/mol. The fourth-order valence-electron chi connectivity index (χ4n) is 6.62. The molecular formula is C22H35N5O. The van der Waals surface area contributed by atoms with Crippen LogP contribution < -0.4 is 16.0 Å². The average Bonchev–Trinajstić information content (AvgIpc) is 2.67. The Morgan fingerprint density at radius 3 is 2.39 bits per heavy atom. The van der Waals surface area contributed by atoms with Crippen LogP contribution in [0, 0.1) is 34.5 Å². The van der Waals surface area contributed by atoms with Gasteiger partial charge in [0.1, 0.15) is 11.6 Å². The molecule has 0 aromatic rings. The molecule has 3 N–H and O–H groups in total. The van der Waals surface area contributed by atoms with Crippen molar-refractivity contribution in [3.05, 3.63) is 11.8 Å². The summed E-state index contributed by atoms with van der Waals surface area (Å²) in [7, 11) is 0. The van der Waals surface area contributed by atoms with Gasteiger partial charge in [-0.2, -0.15) is 5.26 Å². The van der Waals surface area contributed by atoms with Gasteiger partial charge in [0.25, 0.3) is 5.91 Å². The second kappa shape index (κ2) is 8.42. The summed E-state index contributed by atoms with van der Waals surface area (Å²) < 4.78 is 0. The molecule has 1 atom stereocenters. The molecule has 5 rings (SSSR count). The van der Waals surface area contributed by atoms with E-state index in [1.165, 1.54) is 38.5 Å². The molecule has 5 aliphatic rings. The van der Waals surface area contributed by atoms with Crippen LogP contribution in [0.25, 0.3) is 0 Å². The zero-order valence-corrected chi connectivity index (χ0v) is 17.2. The van der Waals surface area contributed by atoms with E-state index in [4.69, 9.17) is 0 Å². The first-order valence-electron chi connectivity index (χ1n) is 11.2. The zero-order valence-electron chi connectivity index (χ0n) is 17.2. The number of nitrogens with zero attached hydrogens (tertiary/aromatic N) is 2. The standard InChI is InChI=1S/C22H35N5O/c1-16(22-11-17-8-18(12-22)10-19(9-17)13-22)26-21(28)20(14-23)15-25-4-7-27-5-2-24-3-6-27/h15-19,24-25H,2-13H2,1H3,(H,26,28)/b20-15-. The summed E-state index contributed by atoms with van der Waals surface area (Å²) in [6.07, 6.45) is 9.59. The van der Waals surface area contributed by atoms with Crippen LogP contribution in [0.2, 0.25) is 0 Å². The maximum Gasteiger partial charge on any atom is 0.263 e. The number of rotatable bonds is 7. The van der Waals surface area contributed by atoms with Crippen LogP contribution >= 0.6 is 0 Å². The van der Waals surface area contributed by atoms with E-state index in [0.717, 1.165) is 57.0 Å². The fraction of sp³-hybridized carbons (Fsp3) is 0.818. The van der Waals surface area contributed by atoms with E-state index in [9.17, 15) is 10.1 Å². The fourth-order valence-corrected chi connectivity index (χ4v) is 6.62. The van der Waals surface area contributed by atoms with E-state index in [2.05, 4.69) is 33.8 Å². The van der Waals surface area contributed by atoms with Crippen LogP contribution in [0.4, 0.5) is 0 Å². The summed E-state index contributed by atoms with van der Waals surface area (Å²) in [5.41, 5.74) is 0.456. The first-order valence-corrected chi connectivity index (χ1v) is 11.2. The molecule has 154 valence electrons. The van der Waals surface area contributed by atoms with Crippen LogP contribution in [0.1, 0.15) is 45.4 Å². The summed E-state index contributed by atoms with van der Waals surface area (Å²) in [5, 5.41) is 19.2. The number of amides is 1. The minimum atomic E-state index is -0.222. The number of carbonyl (C=O) groups excluding carboxylic acids is 1. The minimum Gasteiger partial charge on any atom is -0.388 e. The third-order valence-corrected chi connectivity index (χ3v) is 7.75. The van der Waals surface area contributed by atoms with Crippen molar-refractivity contribution in [2.24, 2.45) is 23.2 Å². The number of nitrogens with one attached hydrogen (secondary N) is 3. The SMILES string of the molecule is CC(NC(=O)/C(C#N)=C\NCCN1CCNCC1)C12CC3CC(CC(C3)C1)C2. The maximum absolute atomic E-state index is 12.7. The number of hydrogen-bond acceptors (Lipinski definition) is 5. The molecule has 0 radical (unpaired) electrons. The molecule has 5 fully saturated rings. The van der Waals surface area contributed by atoms with E-state index >= 15 is 0 Å². The first-order chi connectivity index (χ1) is 13.6. The van der Waals surface area contributed by atoms with Crippen molar-refractivity contribution in [3.8, 4) is 6.07 Å². The smallest absolute Gasteiger partial charge is 0.263 e. The molecule has 4 saturated carbocycles. The second-order valence-corrected chi connectivity index (χ2v) is 9.69. The Hall–Kier alpha value is -1.58. The van der Waals surface area contributed by atoms with Crippen molar-refractivity contribution in [3.63, 3.8) is 0 Å². The van der Waals surface area contributed by atoms with Gasteiger partial charge in [-0.15, -0.1) is 0 Å². The van der Waals surface area contributed by atoms with E-state index in [1.54, 1.807) is 6.20 Å². The zero-order chi connectivity index (χ0) is 19.6. The van der Waals surface area contributed by atoms with E-state index in [-0.39, 0.29) is 22.9 Å². The van der Waals surface area contributed by atoms with Crippen molar-refractivity contribution in [1.29, 1.82) is 5.26 Å². The predicted molar refractivity (Wildman–Crippen MR) is 109 cm³/mol. The van der Waals surface area contributed by atoms with Crippen LogP contribution in [-0.4, -0.2) is 56.1 Å². The van der Waals surface area contributed by atoms with Crippen molar-refractivity contribution >= 4 is 5.91 Å². The van der Waals surface area contributed by atoms with E-state index < -0.39 is 0 Å². The molecule has 6 nitrogen and oxygen atoms in total. The lowest BCUT2D eigenvalue weighted by atomic mass is 9.48. The third kappa shape index (κ3) is 4.21. The van der Waals surface area contributed by atoms with Gasteiger partial charge in [-0.25, -0.2) is 0 Å². The van der Waals surface area contributed by atoms with Crippen molar-refractivity contribution in [1.82, 2.24) is 20.9 Å². The van der Waals surface area contributed by atoms with Gasteiger partial charge < -0.3 is 16.0 Å². The van der Waals surface area contributed by atoms with Gasteiger partial charge in [0, 0.05) is 51.5 Å². The molecule has 1 unspecified atom stereocenters. The Morgan fingerprint density at radius 2 is 1.82 bits per heavy atom.